The van der Waals surface area contributed by atoms with E-state index >= 15 is 0 Å². The van der Waals surface area contributed by atoms with Crippen molar-refractivity contribution >= 4 is 14.5 Å². The lowest BCUT2D eigenvalue weighted by Crippen LogP contribution is -2.37. The van der Waals surface area contributed by atoms with Crippen LogP contribution in [0, 0.1) is 12.1 Å². The average molecular weight is 170 g/mol. The maximum absolute atomic E-state index is 3.81. The Morgan fingerprint density at radius 2 is 2.55 bits per heavy atom. The summed E-state index contributed by atoms with van der Waals surface area (Å²) in [4.78, 5) is 0. The van der Waals surface area contributed by atoms with E-state index in [1.54, 1.807) is 0 Å². The zero-order valence-electron chi connectivity index (χ0n) is 7.21. The number of piperidine rings is 1. The average Bonchev–Trinajstić information content (AvgIpc) is 2.06. The van der Waals surface area contributed by atoms with Crippen molar-refractivity contribution in [1.82, 2.24) is 5.32 Å². The standard InChI is InChI=1S/C9H17NP/c1-3-8-4-5-10-9(6-8)7-11-2/h7-10H,2-6H2,1H3/q-1. The van der Waals surface area contributed by atoms with Gasteiger partial charge in [0.2, 0.25) is 0 Å². The van der Waals surface area contributed by atoms with Gasteiger partial charge in [-0.3, -0.25) is 6.16 Å². The molecule has 64 valence electrons. The Hall–Kier alpha value is 0.130. The first-order valence-electron chi connectivity index (χ1n) is 4.39. The summed E-state index contributed by atoms with van der Waals surface area (Å²) in [7, 11) is 1.16. The lowest BCUT2D eigenvalue weighted by Gasteiger charge is -2.34. The van der Waals surface area contributed by atoms with Gasteiger partial charge in [-0.15, -0.1) is 12.3 Å². The Morgan fingerprint density at radius 1 is 1.73 bits per heavy atom. The van der Waals surface area contributed by atoms with Crippen LogP contribution in [0.2, 0.25) is 0 Å². The molecule has 1 nitrogen and oxygen atoms in total. The van der Waals surface area contributed by atoms with E-state index in [0.717, 1.165) is 14.1 Å². The number of nitrogens with one attached hydrogen (secondary N) is 1. The topological polar surface area (TPSA) is 12.0 Å². The Bertz CT molecular complexity index is 125. The van der Waals surface area contributed by atoms with Crippen LogP contribution in [0.4, 0.5) is 0 Å². The van der Waals surface area contributed by atoms with Crippen LogP contribution in [0.15, 0.2) is 0 Å². The third kappa shape index (κ3) is 2.92. The van der Waals surface area contributed by atoms with E-state index in [4.69, 9.17) is 0 Å². The Balaban J connectivity index is 2.27. The molecule has 0 saturated carbocycles. The molecule has 0 radical (unpaired) electrons. The van der Waals surface area contributed by atoms with Gasteiger partial charge in [0, 0.05) is 0 Å². The molecular weight excluding hydrogens is 153 g/mol. The van der Waals surface area contributed by atoms with Crippen LogP contribution in [0.3, 0.4) is 0 Å². The highest BCUT2D eigenvalue weighted by Crippen LogP contribution is 2.22. The summed E-state index contributed by atoms with van der Waals surface area (Å²) in [6.07, 6.45) is 10.1. The highest BCUT2D eigenvalue weighted by Gasteiger charge is 2.13. The van der Waals surface area contributed by atoms with Gasteiger partial charge in [-0.05, 0) is 18.9 Å². The highest BCUT2D eigenvalue weighted by atomic mass is 31.1. The van der Waals surface area contributed by atoms with Crippen molar-refractivity contribution in [2.45, 2.75) is 32.2 Å². The van der Waals surface area contributed by atoms with Gasteiger partial charge in [-0.1, -0.05) is 19.8 Å². The molecule has 1 N–H and O–H groups in total. The minimum Gasteiger partial charge on any atom is -0.343 e. The first-order chi connectivity index (χ1) is 5.36. The molecule has 2 unspecified atom stereocenters. The molecule has 0 aromatic heterocycles. The molecule has 0 aromatic rings. The van der Waals surface area contributed by atoms with Crippen LogP contribution in [-0.4, -0.2) is 18.9 Å². The molecule has 0 bridgehead atoms. The van der Waals surface area contributed by atoms with Crippen LogP contribution >= 0.6 is 8.20 Å². The molecular formula is C9H17NP-. The van der Waals surface area contributed by atoms with Gasteiger partial charge in [-0.2, -0.15) is 0 Å². The lowest BCUT2D eigenvalue weighted by molar-refractivity contribution is 0.322. The number of hydrogen-bond acceptors (Lipinski definition) is 1. The molecule has 0 spiro atoms. The summed E-state index contributed by atoms with van der Waals surface area (Å²) >= 11 is 0. The van der Waals surface area contributed by atoms with Crippen LogP contribution in [0.5, 0.6) is 0 Å². The second kappa shape index (κ2) is 4.90. The molecule has 1 heterocycles. The molecule has 11 heavy (non-hydrogen) atoms. The summed E-state index contributed by atoms with van der Waals surface area (Å²) in [5, 5.41) is 3.48. The van der Waals surface area contributed by atoms with Crippen molar-refractivity contribution in [2.75, 3.05) is 6.54 Å². The van der Waals surface area contributed by atoms with Crippen molar-refractivity contribution < 1.29 is 0 Å². The summed E-state index contributed by atoms with van der Waals surface area (Å²) in [5.41, 5.74) is 0. The predicted octanol–water partition coefficient (Wildman–Crippen LogP) is 2.30. The molecule has 1 aliphatic rings. The van der Waals surface area contributed by atoms with E-state index in [9.17, 15) is 0 Å². The van der Waals surface area contributed by atoms with Crippen LogP contribution in [0.1, 0.15) is 26.2 Å². The molecule has 0 amide bonds. The first-order valence-corrected chi connectivity index (χ1v) is 5.54. The maximum atomic E-state index is 3.81. The van der Waals surface area contributed by atoms with Crippen LogP contribution in [0.25, 0.3) is 0 Å². The lowest BCUT2D eigenvalue weighted by atomic mass is 9.91. The second-order valence-electron chi connectivity index (χ2n) is 3.19. The predicted molar refractivity (Wildman–Crippen MR) is 53.1 cm³/mol. The fraction of sp³-hybridized carbons (Fsp3) is 0.778. The molecule has 1 rings (SSSR count). The molecule has 2 atom stereocenters. The third-order valence-electron chi connectivity index (χ3n) is 2.41. The smallest absolute Gasteiger partial charge is 0.00716 e. The molecule has 0 aromatic carbocycles. The molecule has 2 heteroatoms. The van der Waals surface area contributed by atoms with Gasteiger partial charge in [0.15, 0.2) is 0 Å². The molecule has 1 aliphatic heterocycles. The summed E-state index contributed by atoms with van der Waals surface area (Å²) in [6, 6.07) is 0.632. The summed E-state index contributed by atoms with van der Waals surface area (Å²) < 4.78 is 0. The van der Waals surface area contributed by atoms with E-state index < -0.39 is 0 Å². The van der Waals surface area contributed by atoms with E-state index in [-0.39, 0.29) is 0 Å². The first kappa shape index (κ1) is 9.22. The second-order valence-corrected chi connectivity index (χ2v) is 3.85. The zero-order chi connectivity index (χ0) is 8.10. The van der Waals surface area contributed by atoms with Gasteiger partial charge in [0.1, 0.15) is 0 Å². The Kier molecular flexibility index (Phi) is 4.11. The summed E-state index contributed by atoms with van der Waals surface area (Å²) in [5.74, 6) is 0.944. The van der Waals surface area contributed by atoms with E-state index in [1.165, 1.54) is 25.8 Å². The van der Waals surface area contributed by atoms with Crippen molar-refractivity contribution in [3.63, 3.8) is 0 Å². The largest absolute Gasteiger partial charge is 0.343 e. The van der Waals surface area contributed by atoms with Gasteiger partial charge in [0.05, 0.1) is 0 Å². The number of hydrogen-bond donors (Lipinski definition) is 1. The monoisotopic (exact) mass is 170 g/mol. The van der Waals surface area contributed by atoms with Crippen molar-refractivity contribution in [3.05, 3.63) is 6.16 Å². The highest BCUT2D eigenvalue weighted by molar-refractivity contribution is 7.39. The van der Waals surface area contributed by atoms with Gasteiger partial charge in [0.25, 0.3) is 0 Å². The van der Waals surface area contributed by atoms with Crippen LogP contribution in [-0.2, 0) is 0 Å². The number of rotatable bonds is 3. The van der Waals surface area contributed by atoms with Gasteiger partial charge < -0.3 is 13.5 Å². The fourth-order valence-electron chi connectivity index (χ4n) is 1.64. The minimum absolute atomic E-state index is 0.632. The fourth-order valence-corrected chi connectivity index (χ4v) is 2.13. The van der Waals surface area contributed by atoms with E-state index in [1.807, 2.05) is 0 Å². The van der Waals surface area contributed by atoms with E-state index in [0.29, 0.717) is 6.04 Å². The third-order valence-corrected chi connectivity index (χ3v) is 2.98. The quantitative estimate of drug-likeness (QED) is 0.506. The normalized spacial score (nSPS) is 32.5. The SMILES string of the molecule is C=P[CH-]C1CC(CC)CCN1. The van der Waals surface area contributed by atoms with Gasteiger partial charge >= 0.3 is 0 Å². The van der Waals surface area contributed by atoms with E-state index in [2.05, 4.69) is 24.7 Å². The minimum atomic E-state index is 0.632. The molecule has 1 saturated heterocycles. The maximum Gasteiger partial charge on any atom is -0.00716 e. The van der Waals surface area contributed by atoms with Crippen molar-refractivity contribution in [3.8, 4) is 0 Å². The molecule has 1 fully saturated rings. The Labute approximate surface area is 71.4 Å². The van der Waals surface area contributed by atoms with Crippen molar-refractivity contribution in [2.24, 2.45) is 5.92 Å². The zero-order valence-corrected chi connectivity index (χ0v) is 8.11. The summed E-state index contributed by atoms with van der Waals surface area (Å²) in [6.45, 7) is 3.48. The van der Waals surface area contributed by atoms with Gasteiger partial charge in [-0.25, -0.2) is 0 Å². The Morgan fingerprint density at radius 3 is 3.18 bits per heavy atom. The van der Waals surface area contributed by atoms with Crippen molar-refractivity contribution in [1.29, 1.82) is 0 Å². The molecule has 0 aliphatic carbocycles. The van der Waals surface area contributed by atoms with Crippen LogP contribution < -0.4 is 5.32 Å².